The zero-order valence-corrected chi connectivity index (χ0v) is 13.5. The van der Waals surface area contributed by atoms with Crippen LogP contribution in [-0.2, 0) is 14.3 Å². The average Bonchev–Trinajstić information content (AvgIpc) is 2.89. The van der Waals surface area contributed by atoms with Crippen LogP contribution in [0.3, 0.4) is 0 Å². The third-order valence-electron chi connectivity index (χ3n) is 3.18. The summed E-state index contributed by atoms with van der Waals surface area (Å²) < 4.78 is 11.1. The van der Waals surface area contributed by atoms with Gasteiger partial charge in [0.15, 0.2) is 5.82 Å². The summed E-state index contributed by atoms with van der Waals surface area (Å²) in [6, 6.07) is 1.80. The number of aromatic nitrogens is 2. The maximum absolute atomic E-state index is 11.6. The molecule has 1 amide bonds. The highest BCUT2D eigenvalue weighted by Gasteiger charge is 2.19. The zero-order valence-electron chi connectivity index (χ0n) is 12.0. The molecule has 0 spiro atoms. The lowest BCUT2D eigenvalue weighted by atomic mass is 10.3. The summed E-state index contributed by atoms with van der Waals surface area (Å²) in [5, 5.41) is 3.68. The molecule has 1 aliphatic rings. The number of rotatable bonds is 4. The topological polar surface area (TPSA) is 76.6 Å². The van der Waals surface area contributed by atoms with Crippen LogP contribution in [0.25, 0.3) is 10.2 Å². The molecule has 0 aromatic carbocycles. The Kier molecular flexibility index (Phi) is 4.72. The molecule has 2 aromatic heterocycles. The van der Waals surface area contributed by atoms with Gasteiger partial charge in [-0.15, -0.1) is 11.3 Å². The second-order valence-corrected chi connectivity index (χ2v) is 6.11. The minimum absolute atomic E-state index is 0.0109. The average molecular weight is 343 g/mol. The maximum atomic E-state index is 11.6. The fourth-order valence-corrected chi connectivity index (χ4v) is 3.44. The van der Waals surface area contributed by atoms with Crippen LogP contribution in [0, 0.1) is 0 Å². The lowest BCUT2D eigenvalue weighted by molar-refractivity contribution is -0.119. The number of halogens is 1. The molecule has 0 bridgehead atoms. The van der Waals surface area contributed by atoms with Gasteiger partial charge in [0.1, 0.15) is 6.61 Å². The largest absolute Gasteiger partial charge is 0.378 e. The molecule has 9 heteroatoms. The molecule has 0 radical (unpaired) electrons. The highest BCUT2D eigenvalue weighted by Crippen LogP contribution is 2.35. The number of anilines is 2. The van der Waals surface area contributed by atoms with Gasteiger partial charge in [-0.05, 0) is 17.7 Å². The quantitative estimate of drug-likeness (QED) is 0.853. The predicted molar refractivity (Wildman–Crippen MR) is 86.0 cm³/mol. The second-order valence-electron chi connectivity index (χ2n) is 4.72. The standard InChI is InChI=1S/C13H15ClN4O3S/c1-20-7-9(19)16-10-6-8-11(22-10)12(17-13(14)15-8)18-2-4-21-5-3-18/h6H,2-5,7H2,1H3,(H,16,19). The Balaban J connectivity index is 1.94. The lowest BCUT2D eigenvalue weighted by Crippen LogP contribution is -2.36. The molecule has 1 N–H and O–H groups in total. The SMILES string of the molecule is COCC(=O)Nc1cc2nc(Cl)nc(N3CCOCC3)c2s1. The van der Waals surface area contributed by atoms with Crippen molar-refractivity contribution < 1.29 is 14.3 Å². The molecular weight excluding hydrogens is 328 g/mol. The molecule has 3 rings (SSSR count). The van der Waals surface area contributed by atoms with Crippen LogP contribution >= 0.6 is 22.9 Å². The van der Waals surface area contributed by atoms with Gasteiger partial charge >= 0.3 is 0 Å². The van der Waals surface area contributed by atoms with Gasteiger partial charge in [-0.1, -0.05) is 0 Å². The van der Waals surface area contributed by atoms with E-state index in [4.69, 9.17) is 21.1 Å². The summed E-state index contributed by atoms with van der Waals surface area (Å²) >= 11 is 7.45. The van der Waals surface area contributed by atoms with Gasteiger partial charge in [-0.3, -0.25) is 4.79 Å². The summed E-state index contributed by atoms with van der Waals surface area (Å²) in [4.78, 5) is 22.3. The van der Waals surface area contributed by atoms with E-state index in [1.807, 2.05) is 0 Å². The Bertz CT molecular complexity index is 687. The molecule has 1 aliphatic heterocycles. The van der Waals surface area contributed by atoms with Crippen molar-refractivity contribution in [1.82, 2.24) is 9.97 Å². The van der Waals surface area contributed by atoms with Crippen molar-refractivity contribution in [2.75, 3.05) is 50.2 Å². The Morgan fingerprint density at radius 3 is 3.00 bits per heavy atom. The van der Waals surface area contributed by atoms with Crippen LogP contribution in [0.2, 0.25) is 5.28 Å². The molecule has 0 unspecified atom stereocenters. The Hall–Kier alpha value is -1.48. The van der Waals surface area contributed by atoms with Crippen molar-refractivity contribution in [3.63, 3.8) is 0 Å². The smallest absolute Gasteiger partial charge is 0.250 e. The van der Waals surface area contributed by atoms with Crippen molar-refractivity contribution in [2.45, 2.75) is 0 Å². The number of fused-ring (bicyclic) bond motifs is 1. The van der Waals surface area contributed by atoms with Crippen molar-refractivity contribution in [3.8, 4) is 0 Å². The van der Waals surface area contributed by atoms with Crippen LogP contribution in [0.5, 0.6) is 0 Å². The van der Waals surface area contributed by atoms with Gasteiger partial charge < -0.3 is 19.7 Å². The normalized spacial score (nSPS) is 15.3. The van der Waals surface area contributed by atoms with Gasteiger partial charge in [-0.25, -0.2) is 4.98 Å². The van der Waals surface area contributed by atoms with E-state index in [1.54, 1.807) is 6.07 Å². The molecular formula is C13H15ClN4O3S. The number of hydrogen-bond acceptors (Lipinski definition) is 7. The second kappa shape index (κ2) is 6.74. The molecule has 22 heavy (non-hydrogen) atoms. The van der Waals surface area contributed by atoms with Crippen LogP contribution < -0.4 is 10.2 Å². The molecule has 1 saturated heterocycles. The molecule has 2 aromatic rings. The van der Waals surface area contributed by atoms with Gasteiger partial charge in [0.25, 0.3) is 5.91 Å². The summed E-state index contributed by atoms with van der Waals surface area (Å²) in [5.41, 5.74) is 0.721. The van der Waals surface area contributed by atoms with Gasteiger partial charge in [0.05, 0.1) is 28.4 Å². The Labute approximate surface area is 136 Å². The molecule has 3 heterocycles. The number of hydrogen-bond donors (Lipinski definition) is 1. The number of amides is 1. The van der Waals surface area contributed by atoms with Crippen molar-refractivity contribution in [2.24, 2.45) is 0 Å². The maximum Gasteiger partial charge on any atom is 0.250 e. The van der Waals surface area contributed by atoms with Crippen molar-refractivity contribution in [3.05, 3.63) is 11.3 Å². The Morgan fingerprint density at radius 2 is 2.27 bits per heavy atom. The van der Waals surface area contributed by atoms with Crippen LogP contribution in [-0.4, -0.2) is 55.9 Å². The fraction of sp³-hybridized carbons (Fsp3) is 0.462. The minimum atomic E-state index is -0.207. The first kappa shape index (κ1) is 15.4. The van der Waals surface area contributed by atoms with E-state index < -0.39 is 0 Å². The predicted octanol–water partition coefficient (Wildman–Crippen LogP) is 1.77. The third kappa shape index (κ3) is 3.30. The number of nitrogens with one attached hydrogen (secondary N) is 1. The molecule has 118 valence electrons. The van der Waals surface area contributed by atoms with Crippen LogP contribution in [0.1, 0.15) is 0 Å². The van der Waals surface area contributed by atoms with E-state index in [9.17, 15) is 4.79 Å². The molecule has 0 atom stereocenters. The van der Waals surface area contributed by atoms with E-state index >= 15 is 0 Å². The van der Waals surface area contributed by atoms with Gasteiger partial charge in [0.2, 0.25) is 5.28 Å². The number of methoxy groups -OCH3 is 1. The van der Waals surface area contributed by atoms with Gasteiger partial charge in [0, 0.05) is 20.2 Å². The first-order chi connectivity index (χ1) is 10.7. The number of carbonyl (C=O) groups is 1. The third-order valence-corrected chi connectivity index (χ3v) is 4.38. The summed E-state index contributed by atoms with van der Waals surface area (Å²) in [6.45, 7) is 2.84. The van der Waals surface area contributed by atoms with E-state index in [1.165, 1.54) is 18.4 Å². The number of nitrogens with zero attached hydrogens (tertiary/aromatic N) is 3. The molecule has 7 nitrogen and oxygen atoms in total. The van der Waals surface area contributed by atoms with Crippen LogP contribution in [0.4, 0.5) is 10.8 Å². The van der Waals surface area contributed by atoms with Crippen molar-refractivity contribution >= 4 is 49.9 Å². The van der Waals surface area contributed by atoms with E-state index in [0.29, 0.717) is 18.2 Å². The summed E-state index contributed by atoms with van der Waals surface area (Å²) in [5.74, 6) is 0.580. The summed E-state index contributed by atoms with van der Waals surface area (Å²) in [6.07, 6.45) is 0. The molecule has 0 saturated carbocycles. The lowest BCUT2D eigenvalue weighted by Gasteiger charge is -2.28. The van der Waals surface area contributed by atoms with E-state index in [-0.39, 0.29) is 17.8 Å². The molecule has 0 aliphatic carbocycles. The van der Waals surface area contributed by atoms with Crippen LogP contribution in [0.15, 0.2) is 6.07 Å². The monoisotopic (exact) mass is 342 g/mol. The zero-order chi connectivity index (χ0) is 15.5. The highest BCUT2D eigenvalue weighted by atomic mass is 35.5. The highest BCUT2D eigenvalue weighted by molar-refractivity contribution is 7.23. The summed E-state index contributed by atoms with van der Waals surface area (Å²) in [7, 11) is 1.48. The Morgan fingerprint density at radius 1 is 1.50 bits per heavy atom. The van der Waals surface area contributed by atoms with Gasteiger partial charge in [-0.2, -0.15) is 4.98 Å². The fourth-order valence-electron chi connectivity index (χ4n) is 2.24. The van der Waals surface area contributed by atoms with Crippen molar-refractivity contribution in [1.29, 1.82) is 0 Å². The number of carbonyl (C=O) groups excluding carboxylic acids is 1. The number of thiophene rings is 1. The minimum Gasteiger partial charge on any atom is -0.378 e. The molecule has 1 fully saturated rings. The van der Waals surface area contributed by atoms with E-state index in [2.05, 4.69) is 20.2 Å². The first-order valence-corrected chi connectivity index (χ1v) is 7.95. The number of ether oxygens (including phenoxy) is 2. The number of morpholine rings is 1. The first-order valence-electron chi connectivity index (χ1n) is 6.76. The van der Waals surface area contributed by atoms with E-state index in [0.717, 1.165) is 29.1 Å².